The lowest BCUT2D eigenvalue weighted by atomic mass is 10.2. The molecule has 1 heterocycles. The first-order valence-corrected chi connectivity index (χ1v) is 4.27. The highest BCUT2D eigenvalue weighted by Gasteiger charge is 2.18. The normalized spacial score (nSPS) is 9.73. The Morgan fingerprint density at radius 3 is 2.87 bits per heavy atom. The van der Waals surface area contributed by atoms with Gasteiger partial charge in [0.25, 0.3) is 0 Å². The fourth-order valence-corrected chi connectivity index (χ4v) is 1.19. The van der Waals surface area contributed by atoms with Gasteiger partial charge in [0, 0.05) is 11.8 Å². The second-order valence-corrected chi connectivity index (χ2v) is 3.02. The molecule has 0 aliphatic heterocycles. The van der Waals surface area contributed by atoms with Gasteiger partial charge in [0.15, 0.2) is 0 Å². The van der Waals surface area contributed by atoms with E-state index in [1.165, 1.54) is 13.3 Å². The third kappa shape index (κ3) is 2.63. The number of nitro groups is 1. The highest BCUT2D eigenvalue weighted by Crippen LogP contribution is 2.26. The van der Waals surface area contributed by atoms with Gasteiger partial charge in [0.1, 0.15) is 11.2 Å². The SMILES string of the molecule is COC(=O)Cc1cncc([N+](=O)[O-])c1Cl. The highest BCUT2D eigenvalue weighted by atomic mass is 35.5. The number of esters is 1. The van der Waals surface area contributed by atoms with Gasteiger partial charge >= 0.3 is 11.7 Å². The molecular formula is C8H7ClN2O4. The van der Waals surface area contributed by atoms with E-state index in [9.17, 15) is 14.9 Å². The molecule has 1 aromatic heterocycles. The molecule has 80 valence electrons. The van der Waals surface area contributed by atoms with Crippen LogP contribution in [0, 0.1) is 10.1 Å². The molecule has 0 N–H and O–H groups in total. The number of hydrogen-bond donors (Lipinski definition) is 0. The molecular weight excluding hydrogens is 224 g/mol. The van der Waals surface area contributed by atoms with Crippen LogP contribution in [0.5, 0.6) is 0 Å². The van der Waals surface area contributed by atoms with Gasteiger partial charge in [-0.25, -0.2) is 0 Å². The first-order chi connectivity index (χ1) is 7.06. The Hall–Kier alpha value is -1.69. The van der Waals surface area contributed by atoms with Crippen molar-refractivity contribution < 1.29 is 14.5 Å². The Labute approximate surface area is 90.0 Å². The quantitative estimate of drug-likeness (QED) is 0.445. The minimum Gasteiger partial charge on any atom is -0.469 e. The van der Waals surface area contributed by atoms with E-state index in [1.54, 1.807) is 0 Å². The molecule has 0 aliphatic carbocycles. The zero-order valence-electron chi connectivity index (χ0n) is 7.77. The van der Waals surface area contributed by atoms with Gasteiger partial charge in [-0.15, -0.1) is 0 Å². The molecule has 15 heavy (non-hydrogen) atoms. The van der Waals surface area contributed by atoms with Crippen LogP contribution >= 0.6 is 11.6 Å². The smallest absolute Gasteiger partial charge is 0.310 e. The van der Waals surface area contributed by atoms with Gasteiger partial charge in [-0.05, 0) is 0 Å². The molecule has 0 aromatic carbocycles. The van der Waals surface area contributed by atoms with Crippen molar-refractivity contribution in [2.75, 3.05) is 7.11 Å². The molecule has 0 bridgehead atoms. The van der Waals surface area contributed by atoms with E-state index in [1.807, 2.05) is 0 Å². The van der Waals surface area contributed by atoms with Crippen molar-refractivity contribution in [3.8, 4) is 0 Å². The molecule has 0 unspecified atom stereocenters. The number of aromatic nitrogens is 1. The van der Waals surface area contributed by atoms with E-state index in [0.29, 0.717) is 0 Å². The Balaban J connectivity index is 3.04. The Morgan fingerprint density at radius 2 is 2.33 bits per heavy atom. The monoisotopic (exact) mass is 230 g/mol. The second kappa shape index (κ2) is 4.70. The fraction of sp³-hybridized carbons (Fsp3) is 0.250. The summed E-state index contributed by atoms with van der Waals surface area (Å²) in [6, 6.07) is 0. The van der Waals surface area contributed by atoms with Crippen molar-refractivity contribution in [2.45, 2.75) is 6.42 Å². The molecule has 0 atom stereocenters. The van der Waals surface area contributed by atoms with Crippen LogP contribution in [-0.4, -0.2) is 23.0 Å². The first-order valence-electron chi connectivity index (χ1n) is 3.90. The molecule has 0 aliphatic rings. The zero-order chi connectivity index (χ0) is 11.4. The van der Waals surface area contributed by atoms with E-state index in [2.05, 4.69) is 9.72 Å². The van der Waals surface area contributed by atoms with Crippen molar-refractivity contribution in [1.29, 1.82) is 0 Å². The van der Waals surface area contributed by atoms with Crippen molar-refractivity contribution >= 4 is 23.3 Å². The van der Waals surface area contributed by atoms with Crippen LogP contribution in [0.15, 0.2) is 12.4 Å². The van der Waals surface area contributed by atoms with E-state index in [0.717, 1.165) is 6.20 Å². The maximum Gasteiger partial charge on any atom is 0.310 e. The van der Waals surface area contributed by atoms with Crippen LogP contribution in [-0.2, 0) is 16.0 Å². The lowest BCUT2D eigenvalue weighted by molar-refractivity contribution is -0.385. The van der Waals surface area contributed by atoms with E-state index >= 15 is 0 Å². The van der Waals surface area contributed by atoms with Crippen LogP contribution in [0.1, 0.15) is 5.56 Å². The number of carbonyl (C=O) groups is 1. The van der Waals surface area contributed by atoms with Crippen LogP contribution in [0.2, 0.25) is 5.02 Å². The maximum atomic E-state index is 10.9. The molecule has 0 radical (unpaired) electrons. The summed E-state index contributed by atoms with van der Waals surface area (Å²) >= 11 is 5.72. The second-order valence-electron chi connectivity index (χ2n) is 2.64. The molecule has 1 aromatic rings. The van der Waals surface area contributed by atoms with E-state index in [-0.39, 0.29) is 22.7 Å². The van der Waals surface area contributed by atoms with Crippen LogP contribution in [0.3, 0.4) is 0 Å². The fourth-order valence-electron chi connectivity index (χ4n) is 0.954. The van der Waals surface area contributed by atoms with Gasteiger partial charge in [-0.2, -0.15) is 0 Å². The Bertz CT molecular complexity index is 408. The predicted octanol–water partition coefficient (Wildman–Crippen LogP) is 1.36. The number of methoxy groups -OCH3 is 1. The summed E-state index contributed by atoms with van der Waals surface area (Å²) in [5, 5.41) is 10.4. The number of pyridine rings is 1. The third-order valence-corrected chi connectivity index (χ3v) is 2.13. The molecule has 0 saturated carbocycles. The lowest BCUT2D eigenvalue weighted by Crippen LogP contribution is -2.06. The van der Waals surface area contributed by atoms with Gasteiger partial charge in [0.05, 0.1) is 18.5 Å². The Kier molecular flexibility index (Phi) is 3.56. The molecule has 7 heteroatoms. The summed E-state index contributed by atoms with van der Waals surface area (Å²) in [5.41, 5.74) is -0.0456. The highest BCUT2D eigenvalue weighted by molar-refractivity contribution is 6.33. The molecule has 0 fully saturated rings. The molecule has 1 rings (SSSR count). The average Bonchev–Trinajstić information content (AvgIpc) is 2.20. The summed E-state index contributed by atoms with van der Waals surface area (Å²) in [7, 11) is 1.22. The number of halogens is 1. The number of ether oxygens (including phenoxy) is 1. The van der Waals surface area contributed by atoms with Crippen molar-refractivity contribution in [1.82, 2.24) is 4.98 Å². The summed E-state index contributed by atoms with van der Waals surface area (Å²) < 4.78 is 4.41. The van der Waals surface area contributed by atoms with Crippen LogP contribution < -0.4 is 0 Å². The summed E-state index contributed by atoms with van der Waals surface area (Å²) in [6.45, 7) is 0. The summed E-state index contributed by atoms with van der Waals surface area (Å²) in [5.74, 6) is -0.529. The van der Waals surface area contributed by atoms with Crippen molar-refractivity contribution in [3.05, 3.63) is 33.1 Å². The van der Waals surface area contributed by atoms with Gasteiger partial charge in [-0.1, -0.05) is 11.6 Å². The van der Waals surface area contributed by atoms with Crippen molar-refractivity contribution in [3.63, 3.8) is 0 Å². The minimum absolute atomic E-state index is 0.0830. The van der Waals surface area contributed by atoms with Crippen molar-refractivity contribution in [2.24, 2.45) is 0 Å². The molecule has 0 saturated heterocycles. The van der Waals surface area contributed by atoms with E-state index in [4.69, 9.17) is 11.6 Å². The summed E-state index contributed by atoms with van der Waals surface area (Å²) in [6.07, 6.45) is 2.19. The minimum atomic E-state index is -0.657. The molecule has 0 amide bonds. The van der Waals surface area contributed by atoms with Crippen LogP contribution in [0.4, 0.5) is 5.69 Å². The molecule has 6 nitrogen and oxygen atoms in total. The number of nitrogens with zero attached hydrogens (tertiary/aromatic N) is 2. The van der Waals surface area contributed by atoms with Gasteiger partial charge in [0.2, 0.25) is 0 Å². The largest absolute Gasteiger partial charge is 0.469 e. The number of hydrogen-bond acceptors (Lipinski definition) is 5. The third-order valence-electron chi connectivity index (χ3n) is 1.69. The average molecular weight is 231 g/mol. The summed E-state index contributed by atoms with van der Waals surface area (Å²) in [4.78, 5) is 24.4. The van der Waals surface area contributed by atoms with Gasteiger partial charge < -0.3 is 4.74 Å². The Morgan fingerprint density at radius 1 is 1.67 bits per heavy atom. The zero-order valence-corrected chi connectivity index (χ0v) is 8.52. The molecule has 0 spiro atoms. The lowest BCUT2D eigenvalue weighted by Gasteiger charge is -2.02. The predicted molar refractivity (Wildman–Crippen MR) is 51.6 cm³/mol. The van der Waals surface area contributed by atoms with Gasteiger partial charge in [-0.3, -0.25) is 19.9 Å². The standard InChI is InChI=1S/C8H7ClN2O4/c1-15-7(12)2-5-3-10-4-6(8(5)9)11(13)14/h3-4H,2H2,1H3. The van der Waals surface area contributed by atoms with Crippen LogP contribution in [0.25, 0.3) is 0 Å². The topological polar surface area (TPSA) is 82.3 Å². The number of carbonyl (C=O) groups excluding carboxylic acids is 1. The first kappa shape index (κ1) is 11.4. The van der Waals surface area contributed by atoms with E-state index < -0.39 is 10.9 Å². The number of rotatable bonds is 3. The maximum absolute atomic E-state index is 10.9.